The average Bonchev–Trinajstić information content (AvgIpc) is 3.73. The van der Waals surface area contributed by atoms with Gasteiger partial charge in [0, 0.05) is 35.6 Å². The number of nitrogens with one attached hydrogen (secondary N) is 4. The van der Waals surface area contributed by atoms with Crippen LogP contribution in [0, 0.1) is 25.2 Å². The lowest BCUT2D eigenvalue weighted by molar-refractivity contribution is -0.163. The van der Waals surface area contributed by atoms with Gasteiger partial charge in [-0.25, -0.2) is 14.3 Å². The number of rotatable bonds is 12. The first-order valence-corrected chi connectivity index (χ1v) is 18.7. The molecule has 2 aromatic rings. The van der Waals surface area contributed by atoms with E-state index in [2.05, 4.69) is 31.3 Å². The van der Waals surface area contributed by atoms with Crippen molar-refractivity contribution in [3.8, 4) is 6.07 Å². The molecule has 4 aliphatic rings. The van der Waals surface area contributed by atoms with Crippen molar-refractivity contribution < 1.29 is 33.2 Å². The van der Waals surface area contributed by atoms with Crippen molar-refractivity contribution in [3.63, 3.8) is 0 Å². The van der Waals surface area contributed by atoms with E-state index in [-0.39, 0.29) is 36.9 Å². The lowest BCUT2D eigenvalue weighted by Crippen LogP contribution is -2.50. The highest BCUT2D eigenvalue weighted by Crippen LogP contribution is 2.54. The molecule has 4 fully saturated rings. The van der Waals surface area contributed by atoms with Crippen LogP contribution in [0.5, 0.6) is 0 Å². The number of morpholine rings is 2. The summed E-state index contributed by atoms with van der Waals surface area (Å²) in [6, 6.07) is 0.869. The van der Waals surface area contributed by atoms with E-state index < -0.39 is 79.0 Å². The van der Waals surface area contributed by atoms with Crippen LogP contribution in [-0.2, 0) is 28.1 Å². The number of aliphatic hydroxyl groups is 1. The molecule has 9 atom stereocenters. The second kappa shape index (κ2) is 15.4. The molecule has 2 amide bonds. The topological polar surface area (TPSA) is 252 Å². The second-order valence-electron chi connectivity index (χ2n) is 14.0. The number of aromatic nitrogens is 4. The summed E-state index contributed by atoms with van der Waals surface area (Å²) in [5.41, 5.74) is -4.13. The molecule has 53 heavy (non-hydrogen) atoms. The Kier molecular flexibility index (Phi) is 11.7. The summed E-state index contributed by atoms with van der Waals surface area (Å²) in [7, 11) is -1.64. The van der Waals surface area contributed by atoms with Crippen LogP contribution in [0.2, 0.25) is 0 Å². The fourth-order valence-electron chi connectivity index (χ4n) is 7.26. The molecule has 2 aromatic heterocycles. The van der Waals surface area contributed by atoms with Crippen molar-refractivity contribution in [2.24, 2.45) is 0 Å². The van der Waals surface area contributed by atoms with Gasteiger partial charge in [-0.1, -0.05) is 13.8 Å². The van der Waals surface area contributed by atoms with E-state index in [1.165, 1.54) is 21.5 Å². The van der Waals surface area contributed by atoms with E-state index in [0.29, 0.717) is 24.0 Å². The molecular formula is C33H47N8O11P. The van der Waals surface area contributed by atoms with Gasteiger partial charge in [0.25, 0.3) is 31.5 Å². The number of nitriles is 1. The first-order chi connectivity index (χ1) is 25.0. The van der Waals surface area contributed by atoms with Gasteiger partial charge in [0.05, 0.1) is 19.1 Å². The first-order valence-electron chi connectivity index (χ1n) is 17.5. The van der Waals surface area contributed by atoms with Gasteiger partial charge in [-0.3, -0.25) is 38.3 Å². The van der Waals surface area contributed by atoms with Crippen LogP contribution >= 0.6 is 8.53 Å². The Bertz CT molecular complexity index is 2000. The molecule has 0 saturated carbocycles. The monoisotopic (exact) mass is 762 g/mol. The zero-order valence-electron chi connectivity index (χ0n) is 30.9. The minimum atomic E-state index is -1.64. The molecule has 6 heterocycles. The van der Waals surface area contributed by atoms with Crippen LogP contribution in [0.1, 0.15) is 84.4 Å². The molecule has 0 aromatic carbocycles. The van der Waals surface area contributed by atoms with Crippen molar-refractivity contribution in [2.75, 3.05) is 6.61 Å². The predicted molar refractivity (Wildman–Crippen MR) is 188 cm³/mol. The van der Waals surface area contributed by atoms with E-state index in [1.807, 2.05) is 34.6 Å². The van der Waals surface area contributed by atoms with Gasteiger partial charge < -0.3 is 34.3 Å². The van der Waals surface area contributed by atoms with Gasteiger partial charge in [-0.15, -0.1) is 0 Å². The van der Waals surface area contributed by atoms with Crippen LogP contribution in [0.3, 0.4) is 0 Å². The maximum atomic E-state index is 12.9. The summed E-state index contributed by atoms with van der Waals surface area (Å²) in [5, 5.41) is 24.7. The van der Waals surface area contributed by atoms with Gasteiger partial charge in [-0.05, 0) is 54.4 Å². The molecule has 4 saturated heterocycles. The molecule has 6 rings (SSSR count). The first kappa shape index (κ1) is 40.2. The highest BCUT2D eigenvalue weighted by molar-refractivity contribution is 7.44. The van der Waals surface area contributed by atoms with Crippen LogP contribution in [0.4, 0.5) is 0 Å². The number of aliphatic hydroxyl groups excluding tert-OH is 1. The van der Waals surface area contributed by atoms with Crippen molar-refractivity contribution in [1.82, 2.24) is 34.4 Å². The molecule has 0 aliphatic carbocycles. The number of hydrogen-bond donors (Lipinski definition) is 5. The summed E-state index contributed by atoms with van der Waals surface area (Å²) in [6.45, 7) is 15.0. The normalized spacial score (nSPS) is 30.4. The van der Waals surface area contributed by atoms with Gasteiger partial charge in [0.15, 0.2) is 23.7 Å². The van der Waals surface area contributed by atoms with Gasteiger partial charge in [0.2, 0.25) is 0 Å². The molecule has 5 N–H and O–H groups in total. The molecule has 20 heteroatoms. The minimum Gasteiger partial charge on any atom is -0.387 e. The molecule has 3 unspecified atom stereocenters. The third kappa shape index (κ3) is 6.93. The van der Waals surface area contributed by atoms with E-state index in [1.54, 1.807) is 20.8 Å². The van der Waals surface area contributed by atoms with Crippen molar-refractivity contribution >= 4 is 20.3 Å². The maximum absolute atomic E-state index is 12.9. The SMILES string of the molecule is CC[C@]12O[C@@H](n3cc(C)c(=O)[nH]c3=O)C(NC1=O)[C@H]2O.CC[C@]12O[C@@H](n3cc(C)c(=O)[nH]c3=O)C(NC1=O)[C@H]2OP(OCCC#N)N(C(C)C)C(C)C. The fraction of sp³-hybridized carbons (Fsp3) is 0.667. The number of H-pyrrole nitrogens is 2. The standard InChI is InChI=1S/C21H32N5O6P.C12H15N3O5/c1-7-21-16(32-33(30-10-8-9-22)26(12(2)3)13(4)5)15(23-19(21)28)18(31-21)25-11-14(6)17(27)24-20(25)29;1-3-12-7(16)6(13-10(12)18)9(20-12)15-4-5(2)8(17)14-11(15)19/h11-13,15-16,18H,7-8,10H2,1-6H3,(H,23,28)(H,24,27,29);4,6-7,9,16H,3H2,1-2H3,(H,13,18)(H,14,17,19)/t15?,16-,18-,21-,33?;6?,7-,9-,12-/m11/s1. The highest BCUT2D eigenvalue weighted by atomic mass is 31.2. The van der Waals surface area contributed by atoms with Crippen LogP contribution in [-0.4, -0.2) is 94.9 Å². The molecule has 290 valence electrons. The summed E-state index contributed by atoms with van der Waals surface area (Å²) in [6.07, 6.45) is 0.193. The number of fused-ring (bicyclic) bond motifs is 4. The van der Waals surface area contributed by atoms with Crippen molar-refractivity contribution in [2.45, 2.75) is 135 Å². The van der Waals surface area contributed by atoms with Gasteiger partial charge >= 0.3 is 11.4 Å². The average molecular weight is 763 g/mol. The molecule has 0 radical (unpaired) electrons. The number of aryl methyl sites for hydroxylation is 2. The third-order valence-corrected chi connectivity index (χ3v) is 12.1. The van der Waals surface area contributed by atoms with E-state index in [4.69, 9.17) is 23.8 Å². The summed E-state index contributed by atoms with van der Waals surface area (Å²) < 4.78 is 28.9. The summed E-state index contributed by atoms with van der Waals surface area (Å²) >= 11 is 0. The molecule has 0 spiro atoms. The lowest BCUT2D eigenvalue weighted by atomic mass is 9.96. The molecular weight excluding hydrogens is 715 g/mol. The summed E-state index contributed by atoms with van der Waals surface area (Å²) in [5.74, 6) is -0.680. The number of ether oxygens (including phenoxy) is 2. The Labute approximate surface area is 305 Å². The minimum absolute atomic E-state index is 0.0830. The largest absolute Gasteiger partial charge is 0.387 e. The van der Waals surface area contributed by atoms with Gasteiger partial charge in [0.1, 0.15) is 24.3 Å². The smallest absolute Gasteiger partial charge is 0.330 e. The maximum Gasteiger partial charge on any atom is 0.330 e. The Hall–Kier alpha value is -4.02. The van der Waals surface area contributed by atoms with Crippen LogP contribution < -0.4 is 33.1 Å². The van der Waals surface area contributed by atoms with E-state index >= 15 is 0 Å². The predicted octanol–water partition coefficient (Wildman–Crippen LogP) is 0.0641. The Balaban J connectivity index is 0.000000230. The molecule has 4 aliphatic heterocycles. The number of hydrogen-bond acceptors (Lipinski definition) is 13. The van der Waals surface area contributed by atoms with E-state index in [0.717, 1.165) is 0 Å². The van der Waals surface area contributed by atoms with Crippen molar-refractivity contribution in [3.05, 3.63) is 65.2 Å². The Morgan fingerprint density at radius 2 is 1.34 bits per heavy atom. The summed E-state index contributed by atoms with van der Waals surface area (Å²) in [4.78, 5) is 76.8. The quantitative estimate of drug-likeness (QED) is 0.142. The second-order valence-corrected chi connectivity index (χ2v) is 15.4. The highest BCUT2D eigenvalue weighted by Gasteiger charge is 2.68. The zero-order valence-corrected chi connectivity index (χ0v) is 31.8. The van der Waals surface area contributed by atoms with E-state index in [9.17, 15) is 33.9 Å². The lowest BCUT2D eigenvalue weighted by Gasteiger charge is -2.38. The zero-order chi connectivity index (χ0) is 39.2. The Morgan fingerprint density at radius 3 is 1.81 bits per heavy atom. The Morgan fingerprint density at radius 1 is 0.868 bits per heavy atom. The number of carbonyl (C=O) groups excluding carboxylic acids is 2. The number of amides is 2. The molecule has 19 nitrogen and oxygen atoms in total. The number of carbonyl (C=O) groups is 2. The number of nitrogens with zero attached hydrogens (tertiary/aromatic N) is 4. The van der Waals surface area contributed by atoms with Gasteiger partial charge in [-0.2, -0.15) is 5.26 Å². The molecule has 4 bridgehead atoms. The van der Waals surface area contributed by atoms with Crippen molar-refractivity contribution in [1.29, 1.82) is 5.26 Å². The fourth-order valence-corrected chi connectivity index (χ4v) is 9.07. The number of aromatic amines is 2. The van der Waals surface area contributed by atoms with Crippen LogP contribution in [0.25, 0.3) is 0 Å². The third-order valence-electron chi connectivity index (χ3n) is 10.0. The van der Waals surface area contributed by atoms with Crippen LogP contribution in [0.15, 0.2) is 31.6 Å².